The number of aryl methyl sites for hydroxylation is 1. The number of nitrogen functional groups attached to an aromatic ring is 1. The molecule has 35 heavy (non-hydrogen) atoms. The van der Waals surface area contributed by atoms with Gasteiger partial charge in [0.25, 0.3) is 5.91 Å². The Kier molecular flexibility index (Phi) is 6.36. The van der Waals surface area contributed by atoms with Crippen LogP contribution in [0.25, 0.3) is 11.5 Å². The van der Waals surface area contributed by atoms with Gasteiger partial charge >= 0.3 is 0 Å². The number of benzene rings is 1. The van der Waals surface area contributed by atoms with Crippen LogP contribution in [0.4, 0.5) is 5.82 Å². The molecule has 1 saturated heterocycles. The number of ether oxygens (including phenoxy) is 2. The van der Waals surface area contributed by atoms with E-state index in [1.165, 1.54) is 18.7 Å². The number of rotatable bonds is 6. The van der Waals surface area contributed by atoms with Gasteiger partial charge in [-0.3, -0.25) is 4.79 Å². The second-order valence-electron chi connectivity index (χ2n) is 8.65. The number of anilines is 1. The first-order chi connectivity index (χ1) is 16.9. The normalized spacial score (nSPS) is 16.4. The number of nitriles is 1. The third-order valence-electron chi connectivity index (χ3n) is 6.33. The van der Waals surface area contributed by atoms with Crippen LogP contribution in [0.3, 0.4) is 0 Å². The lowest BCUT2D eigenvalue weighted by molar-refractivity contribution is -0.140. The molecule has 0 saturated carbocycles. The maximum absolute atomic E-state index is 12.0. The fourth-order valence-electron chi connectivity index (χ4n) is 4.36. The minimum atomic E-state index is -0.957. The summed E-state index contributed by atoms with van der Waals surface area (Å²) in [5.74, 6) is 2.32. The van der Waals surface area contributed by atoms with Gasteiger partial charge in [-0.25, -0.2) is 15.0 Å². The number of aliphatic hydroxyl groups excluding tert-OH is 1. The molecular formula is C23H25N7O4S. The summed E-state index contributed by atoms with van der Waals surface area (Å²) in [5, 5.41) is 19.5. The second-order valence-corrected chi connectivity index (χ2v) is 9.66. The molecule has 12 heteroatoms. The standard InChI is InChI=1S/C23H25N7O4S/c1-13(31)22(32)29-5-2-14(3-6-29)4-7-30-11-26-20(25)19-21(30)28-23(27-19)35-18-9-17-16(33-12-34-17)8-15(18)10-24/h8-9,11,13-14,31H,2-7,12,25H2,1H3. The van der Waals surface area contributed by atoms with E-state index in [4.69, 9.17) is 15.2 Å². The average Bonchev–Trinajstić information content (AvgIpc) is 3.50. The number of piperidine rings is 1. The number of fused-ring (bicyclic) bond motifs is 2. The van der Waals surface area contributed by atoms with Crippen molar-refractivity contribution in [2.75, 3.05) is 25.6 Å². The van der Waals surface area contributed by atoms with Crippen LogP contribution in [0.5, 0.6) is 11.5 Å². The monoisotopic (exact) mass is 495 g/mol. The molecule has 1 fully saturated rings. The van der Waals surface area contributed by atoms with Gasteiger partial charge in [-0.05, 0) is 49.9 Å². The van der Waals surface area contributed by atoms with Crippen molar-refractivity contribution in [3.05, 3.63) is 24.0 Å². The zero-order valence-corrected chi connectivity index (χ0v) is 20.0. The Morgan fingerprint density at radius 2 is 2.06 bits per heavy atom. The van der Waals surface area contributed by atoms with Gasteiger partial charge in [0.1, 0.15) is 12.2 Å². The first-order valence-electron chi connectivity index (χ1n) is 11.4. The Balaban J connectivity index is 1.30. The van der Waals surface area contributed by atoms with Crippen molar-refractivity contribution in [3.63, 3.8) is 0 Å². The van der Waals surface area contributed by atoms with E-state index in [1.807, 2.05) is 4.57 Å². The molecule has 1 atom stereocenters. The fraction of sp³-hybridized carbons (Fsp3) is 0.435. The Bertz CT molecular complexity index is 1260. The number of nitrogens with two attached hydrogens (primary N) is 1. The molecule has 4 aliphatic heterocycles. The molecule has 3 N–H and O–H groups in total. The molecule has 0 aliphatic carbocycles. The van der Waals surface area contributed by atoms with Crippen molar-refractivity contribution in [3.8, 4) is 29.1 Å². The summed E-state index contributed by atoms with van der Waals surface area (Å²) >= 11 is 1.26. The lowest BCUT2D eigenvalue weighted by Crippen LogP contribution is -2.43. The van der Waals surface area contributed by atoms with Gasteiger partial charge in [0, 0.05) is 30.6 Å². The lowest BCUT2D eigenvalue weighted by Gasteiger charge is -2.33. The smallest absolute Gasteiger partial charge is 0.251 e. The zero-order valence-electron chi connectivity index (χ0n) is 19.2. The van der Waals surface area contributed by atoms with Gasteiger partial charge in [-0.2, -0.15) is 5.26 Å². The number of hydrogen-bond acceptors (Lipinski definition) is 10. The van der Waals surface area contributed by atoms with Crippen molar-refractivity contribution < 1.29 is 19.4 Å². The fourth-order valence-corrected chi connectivity index (χ4v) is 5.21. The van der Waals surface area contributed by atoms with Crippen LogP contribution in [0.1, 0.15) is 31.7 Å². The topological polar surface area (TPSA) is 152 Å². The molecule has 1 unspecified atom stereocenters. The molecule has 1 amide bonds. The van der Waals surface area contributed by atoms with E-state index >= 15 is 0 Å². The number of carbonyl (C=O) groups excluding carboxylic acids is 1. The molecule has 1 aromatic carbocycles. The number of amides is 1. The maximum Gasteiger partial charge on any atom is 0.251 e. The molecule has 11 nitrogen and oxygen atoms in total. The highest BCUT2D eigenvalue weighted by atomic mass is 32.2. The molecule has 4 aliphatic rings. The van der Waals surface area contributed by atoms with Crippen molar-refractivity contribution in [1.82, 2.24) is 24.4 Å². The number of nitrogens with zero attached hydrogens (tertiary/aromatic N) is 6. The summed E-state index contributed by atoms with van der Waals surface area (Å²) in [6.45, 7) is 3.63. The number of imidazole rings is 1. The third kappa shape index (κ3) is 4.69. The number of hydrogen-bond donors (Lipinski definition) is 2. The molecule has 1 aromatic rings. The number of likely N-dealkylation sites (tertiary alicyclic amines) is 1. The van der Waals surface area contributed by atoms with Gasteiger partial charge in [0.15, 0.2) is 34.0 Å². The van der Waals surface area contributed by atoms with E-state index in [-0.39, 0.29) is 12.7 Å². The summed E-state index contributed by atoms with van der Waals surface area (Å²) in [5.41, 5.74) is 7.06. The minimum Gasteiger partial charge on any atom is -0.454 e. The number of aliphatic hydroxyl groups is 1. The van der Waals surface area contributed by atoms with Gasteiger partial charge in [0.05, 0.1) is 11.9 Å². The number of aromatic nitrogens is 4. The largest absolute Gasteiger partial charge is 0.454 e. The van der Waals surface area contributed by atoms with Crippen LogP contribution in [-0.4, -0.2) is 61.4 Å². The Morgan fingerprint density at radius 1 is 1.31 bits per heavy atom. The highest BCUT2D eigenvalue weighted by Gasteiger charge is 2.26. The molecule has 4 heterocycles. The quantitative estimate of drug-likeness (QED) is 0.520. The van der Waals surface area contributed by atoms with Crippen LogP contribution in [0, 0.1) is 17.2 Å². The van der Waals surface area contributed by atoms with Gasteiger partial charge in [-0.1, -0.05) is 0 Å². The van der Waals surface area contributed by atoms with Crippen molar-refractivity contribution in [1.29, 1.82) is 5.26 Å². The zero-order chi connectivity index (χ0) is 24.5. The van der Waals surface area contributed by atoms with E-state index in [2.05, 4.69) is 21.0 Å². The van der Waals surface area contributed by atoms with Gasteiger partial charge < -0.3 is 29.8 Å². The van der Waals surface area contributed by atoms with Crippen molar-refractivity contribution in [2.45, 2.75) is 48.9 Å². The van der Waals surface area contributed by atoms with E-state index in [9.17, 15) is 15.2 Å². The molecule has 0 radical (unpaired) electrons. The van der Waals surface area contributed by atoms with Crippen molar-refractivity contribution in [2.24, 2.45) is 5.92 Å². The second kappa shape index (κ2) is 9.59. The van der Waals surface area contributed by atoms with Gasteiger partial charge in [-0.15, -0.1) is 0 Å². The first kappa shape index (κ1) is 23.2. The first-order valence-corrected chi connectivity index (χ1v) is 12.2. The summed E-state index contributed by atoms with van der Waals surface area (Å²) in [6.07, 6.45) is 3.40. The molecule has 0 spiro atoms. The van der Waals surface area contributed by atoms with E-state index < -0.39 is 6.10 Å². The SMILES string of the molecule is CC(O)C(=O)N1CCC(CCn2cnc(N)c3nc(Sc4cc5c(cc4C#N)OCO5)nc2-3)CC1. The Labute approximate surface area is 206 Å². The highest BCUT2D eigenvalue weighted by Crippen LogP contribution is 2.41. The van der Waals surface area contributed by atoms with E-state index in [0.29, 0.717) is 70.0 Å². The van der Waals surface area contributed by atoms with Crippen LogP contribution in [-0.2, 0) is 11.3 Å². The Hall–Kier alpha value is -3.56. The highest BCUT2D eigenvalue weighted by molar-refractivity contribution is 7.99. The molecule has 0 aromatic heterocycles. The molecular weight excluding hydrogens is 470 g/mol. The number of carbonyl (C=O) groups is 1. The summed E-state index contributed by atoms with van der Waals surface area (Å²) in [6, 6.07) is 5.60. The van der Waals surface area contributed by atoms with Crippen molar-refractivity contribution >= 4 is 23.5 Å². The van der Waals surface area contributed by atoms with Crippen LogP contribution < -0.4 is 15.2 Å². The van der Waals surface area contributed by atoms with E-state index in [1.54, 1.807) is 23.4 Å². The van der Waals surface area contributed by atoms with Crippen LogP contribution in [0.2, 0.25) is 0 Å². The predicted octanol–water partition coefficient (Wildman–Crippen LogP) is 2.12. The average molecular weight is 496 g/mol. The minimum absolute atomic E-state index is 0.128. The molecule has 182 valence electrons. The summed E-state index contributed by atoms with van der Waals surface area (Å²) in [7, 11) is 0. The molecule has 0 bridgehead atoms. The summed E-state index contributed by atoms with van der Waals surface area (Å²) in [4.78, 5) is 27.9. The lowest BCUT2D eigenvalue weighted by atomic mass is 9.93. The third-order valence-corrected chi connectivity index (χ3v) is 7.25. The van der Waals surface area contributed by atoms with Crippen LogP contribution in [0.15, 0.2) is 28.5 Å². The predicted molar refractivity (Wildman–Crippen MR) is 126 cm³/mol. The summed E-state index contributed by atoms with van der Waals surface area (Å²) < 4.78 is 12.7. The Morgan fingerprint density at radius 3 is 2.77 bits per heavy atom. The molecule has 5 rings (SSSR count). The van der Waals surface area contributed by atoms with Crippen LogP contribution >= 0.6 is 11.8 Å². The van der Waals surface area contributed by atoms with Gasteiger partial charge in [0.2, 0.25) is 6.79 Å². The maximum atomic E-state index is 12.0. The van der Waals surface area contributed by atoms with E-state index in [0.717, 1.165) is 19.3 Å².